The number of rotatable bonds is 6. The summed E-state index contributed by atoms with van der Waals surface area (Å²) in [4.78, 5) is 1.33. The molecule has 2 rings (SSSR count). The smallest absolute Gasteiger partial charge is 0.170 e. The van der Waals surface area contributed by atoms with E-state index in [4.69, 9.17) is 10.9 Å². The van der Waals surface area contributed by atoms with Crippen molar-refractivity contribution in [2.24, 2.45) is 16.8 Å². The van der Waals surface area contributed by atoms with Crippen LogP contribution in [0.25, 0.3) is 0 Å². The SMILES string of the molecule is CC(C)C(NCc1ccccc1C(N)=NO)c1cccs1. The van der Waals surface area contributed by atoms with E-state index >= 15 is 0 Å². The summed E-state index contributed by atoms with van der Waals surface area (Å²) in [6.45, 7) is 5.08. The first-order valence-electron chi connectivity index (χ1n) is 6.96. The molecule has 0 saturated carbocycles. The molecule has 112 valence electrons. The standard InChI is InChI=1S/C16H21N3OS/c1-11(2)15(14-8-5-9-21-14)18-10-12-6-3-4-7-13(12)16(17)19-20/h3-9,11,15,18,20H,10H2,1-2H3,(H2,17,19). The molecule has 0 amide bonds. The van der Waals surface area contributed by atoms with Gasteiger partial charge in [0.25, 0.3) is 0 Å². The molecule has 0 aliphatic carbocycles. The van der Waals surface area contributed by atoms with Gasteiger partial charge in [0.2, 0.25) is 0 Å². The quantitative estimate of drug-likeness (QED) is 0.332. The average molecular weight is 303 g/mol. The van der Waals surface area contributed by atoms with Crippen molar-refractivity contribution in [3.8, 4) is 0 Å². The van der Waals surface area contributed by atoms with E-state index in [9.17, 15) is 0 Å². The lowest BCUT2D eigenvalue weighted by Crippen LogP contribution is -2.26. The van der Waals surface area contributed by atoms with Gasteiger partial charge in [-0.1, -0.05) is 49.3 Å². The third kappa shape index (κ3) is 3.83. The van der Waals surface area contributed by atoms with Gasteiger partial charge in [-0.15, -0.1) is 11.3 Å². The predicted octanol–water partition coefficient (Wildman–Crippen LogP) is 3.33. The van der Waals surface area contributed by atoms with Crippen LogP contribution >= 0.6 is 11.3 Å². The Hall–Kier alpha value is -1.85. The fraction of sp³-hybridized carbons (Fsp3) is 0.312. The van der Waals surface area contributed by atoms with Crippen LogP contribution in [-0.4, -0.2) is 11.0 Å². The van der Waals surface area contributed by atoms with Crippen LogP contribution in [0.5, 0.6) is 0 Å². The van der Waals surface area contributed by atoms with E-state index in [1.165, 1.54) is 4.88 Å². The highest BCUT2D eigenvalue weighted by atomic mass is 32.1. The second-order valence-corrected chi connectivity index (χ2v) is 6.24. The van der Waals surface area contributed by atoms with Gasteiger partial charge >= 0.3 is 0 Å². The summed E-state index contributed by atoms with van der Waals surface area (Å²) in [5.41, 5.74) is 7.52. The molecule has 4 N–H and O–H groups in total. The molecule has 0 fully saturated rings. The van der Waals surface area contributed by atoms with Crippen LogP contribution in [0.1, 0.15) is 35.9 Å². The fourth-order valence-corrected chi connectivity index (χ4v) is 3.30. The van der Waals surface area contributed by atoms with E-state index in [0.717, 1.165) is 11.1 Å². The van der Waals surface area contributed by atoms with Crippen molar-refractivity contribution in [3.05, 3.63) is 57.8 Å². The lowest BCUT2D eigenvalue weighted by Gasteiger charge is -2.22. The second kappa shape index (κ2) is 7.24. The van der Waals surface area contributed by atoms with Crippen molar-refractivity contribution in [3.63, 3.8) is 0 Å². The average Bonchev–Trinajstić information content (AvgIpc) is 3.01. The molecule has 0 radical (unpaired) electrons. The maximum Gasteiger partial charge on any atom is 0.170 e. The van der Waals surface area contributed by atoms with Gasteiger partial charge in [-0.2, -0.15) is 0 Å². The van der Waals surface area contributed by atoms with E-state index < -0.39 is 0 Å². The molecule has 0 aliphatic heterocycles. The van der Waals surface area contributed by atoms with Crippen molar-refractivity contribution in [1.82, 2.24) is 5.32 Å². The van der Waals surface area contributed by atoms with E-state index in [0.29, 0.717) is 18.5 Å². The van der Waals surface area contributed by atoms with Crippen LogP contribution in [0, 0.1) is 5.92 Å². The van der Waals surface area contributed by atoms with E-state index in [1.54, 1.807) is 11.3 Å². The summed E-state index contributed by atoms with van der Waals surface area (Å²) < 4.78 is 0. The lowest BCUT2D eigenvalue weighted by molar-refractivity contribution is 0.318. The summed E-state index contributed by atoms with van der Waals surface area (Å²) in [6.07, 6.45) is 0. The maximum atomic E-state index is 8.87. The van der Waals surface area contributed by atoms with Gasteiger partial charge in [0.05, 0.1) is 0 Å². The first-order chi connectivity index (χ1) is 10.1. The van der Waals surface area contributed by atoms with Gasteiger partial charge < -0.3 is 16.3 Å². The van der Waals surface area contributed by atoms with Crippen LogP contribution in [0.15, 0.2) is 46.9 Å². The zero-order chi connectivity index (χ0) is 15.2. The summed E-state index contributed by atoms with van der Waals surface area (Å²) in [5, 5.41) is 17.6. The van der Waals surface area contributed by atoms with Crippen molar-refractivity contribution < 1.29 is 5.21 Å². The van der Waals surface area contributed by atoms with Gasteiger partial charge in [0.1, 0.15) is 0 Å². The Labute approximate surface area is 129 Å². The minimum Gasteiger partial charge on any atom is -0.409 e. The Kier molecular flexibility index (Phi) is 5.36. The fourth-order valence-electron chi connectivity index (χ4n) is 2.33. The molecule has 1 aromatic heterocycles. The molecule has 1 atom stereocenters. The van der Waals surface area contributed by atoms with E-state index in [2.05, 4.69) is 41.8 Å². The normalized spacial score (nSPS) is 13.6. The molecule has 0 saturated heterocycles. The largest absolute Gasteiger partial charge is 0.409 e. The second-order valence-electron chi connectivity index (χ2n) is 5.26. The first kappa shape index (κ1) is 15.5. The molecule has 4 nitrogen and oxygen atoms in total. The number of hydrogen-bond donors (Lipinski definition) is 3. The number of thiophene rings is 1. The van der Waals surface area contributed by atoms with Crippen molar-refractivity contribution in [2.45, 2.75) is 26.4 Å². The summed E-state index contributed by atoms with van der Waals surface area (Å²) in [6, 6.07) is 12.2. The Morgan fingerprint density at radius 1 is 1.29 bits per heavy atom. The van der Waals surface area contributed by atoms with Crippen LogP contribution in [0.2, 0.25) is 0 Å². The van der Waals surface area contributed by atoms with Gasteiger partial charge in [-0.25, -0.2) is 0 Å². The number of nitrogens with two attached hydrogens (primary N) is 1. The monoisotopic (exact) mass is 303 g/mol. The van der Waals surface area contributed by atoms with Gasteiger partial charge in [0.15, 0.2) is 5.84 Å². The topological polar surface area (TPSA) is 70.6 Å². The highest BCUT2D eigenvalue weighted by Crippen LogP contribution is 2.26. The van der Waals surface area contributed by atoms with Crippen LogP contribution in [0.3, 0.4) is 0 Å². The molecule has 0 aliphatic rings. The van der Waals surface area contributed by atoms with Crippen molar-refractivity contribution in [1.29, 1.82) is 0 Å². The molecule has 1 heterocycles. The van der Waals surface area contributed by atoms with Gasteiger partial charge in [-0.05, 0) is 22.9 Å². The van der Waals surface area contributed by atoms with Crippen molar-refractivity contribution in [2.75, 3.05) is 0 Å². The third-order valence-corrected chi connectivity index (χ3v) is 4.39. The summed E-state index contributed by atoms with van der Waals surface area (Å²) in [7, 11) is 0. The third-order valence-electron chi connectivity index (χ3n) is 3.43. The molecule has 2 aromatic rings. The minimum absolute atomic E-state index is 0.143. The Bertz CT molecular complexity index is 593. The van der Waals surface area contributed by atoms with Gasteiger partial charge in [0, 0.05) is 23.0 Å². The van der Waals surface area contributed by atoms with Crippen LogP contribution in [-0.2, 0) is 6.54 Å². The van der Waals surface area contributed by atoms with E-state index in [1.807, 2.05) is 24.3 Å². The van der Waals surface area contributed by atoms with E-state index in [-0.39, 0.29) is 5.84 Å². The maximum absolute atomic E-state index is 8.87. The Morgan fingerprint density at radius 2 is 2.05 bits per heavy atom. The summed E-state index contributed by atoms with van der Waals surface area (Å²) in [5.74, 6) is 0.629. The molecule has 5 heteroatoms. The lowest BCUT2D eigenvalue weighted by atomic mass is 10.0. The zero-order valence-electron chi connectivity index (χ0n) is 12.3. The summed E-state index contributed by atoms with van der Waals surface area (Å²) >= 11 is 1.76. The number of oxime groups is 1. The highest BCUT2D eigenvalue weighted by molar-refractivity contribution is 7.10. The number of hydrogen-bond acceptors (Lipinski definition) is 4. The molecule has 1 aromatic carbocycles. The molecular weight excluding hydrogens is 282 g/mol. The Morgan fingerprint density at radius 3 is 2.67 bits per heavy atom. The molecule has 0 bridgehead atoms. The molecule has 1 unspecified atom stereocenters. The predicted molar refractivity (Wildman–Crippen MR) is 87.7 cm³/mol. The zero-order valence-corrected chi connectivity index (χ0v) is 13.1. The molecular formula is C16H21N3OS. The van der Waals surface area contributed by atoms with Crippen molar-refractivity contribution >= 4 is 17.2 Å². The van der Waals surface area contributed by atoms with Crippen LogP contribution < -0.4 is 11.1 Å². The molecule has 0 spiro atoms. The first-order valence-corrected chi connectivity index (χ1v) is 7.84. The number of nitrogens with one attached hydrogen (secondary N) is 1. The number of nitrogens with zero attached hydrogens (tertiary/aromatic N) is 1. The highest BCUT2D eigenvalue weighted by Gasteiger charge is 2.17. The number of amidine groups is 1. The van der Waals surface area contributed by atoms with Gasteiger partial charge in [-0.3, -0.25) is 0 Å². The minimum atomic E-state index is 0.143. The molecule has 21 heavy (non-hydrogen) atoms. The van der Waals surface area contributed by atoms with Crippen LogP contribution in [0.4, 0.5) is 0 Å². The number of benzene rings is 1. The Balaban J connectivity index is 2.15.